The fraction of sp³-hybridized carbons (Fsp3) is 1.00. The molecule has 0 spiro atoms. The Morgan fingerprint density at radius 2 is 1.88 bits per heavy atom. The highest BCUT2D eigenvalue weighted by Crippen LogP contribution is 2.46. The third kappa shape index (κ3) is 2.70. The highest BCUT2D eigenvalue weighted by Gasteiger charge is 2.44. The topological polar surface area (TPSA) is 26.0 Å². The van der Waals surface area contributed by atoms with E-state index in [1.807, 2.05) is 0 Å². The van der Waals surface area contributed by atoms with Gasteiger partial charge in [-0.1, -0.05) is 40.0 Å². The van der Waals surface area contributed by atoms with E-state index in [0.717, 1.165) is 23.7 Å². The van der Waals surface area contributed by atoms with Gasteiger partial charge >= 0.3 is 0 Å². The van der Waals surface area contributed by atoms with E-state index in [2.05, 4.69) is 20.8 Å². The van der Waals surface area contributed by atoms with Crippen LogP contribution in [0.1, 0.15) is 72.1 Å². The lowest BCUT2D eigenvalue weighted by molar-refractivity contribution is 0.0628. The van der Waals surface area contributed by atoms with Crippen molar-refractivity contribution in [2.24, 2.45) is 29.4 Å². The standard InChI is InChI=1S/C16H31N/c1-4-14-6-5-7-15(11-14)16(17)9-8-12(2)10-13(16)3/h12-15H,4-11,17H2,1-3H3. The first kappa shape index (κ1) is 13.4. The van der Waals surface area contributed by atoms with Gasteiger partial charge in [0.1, 0.15) is 0 Å². The molecule has 0 aromatic heterocycles. The summed E-state index contributed by atoms with van der Waals surface area (Å²) >= 11 is 0. The maximum Gasteiger partial charge on any atom is 0.0209 e. The Kier molecular flexibility index (Phi) is 4.18. The summed E-state index contributed by atoms with van der Waals surface area (Å²) in [6.45, 7) is 7.15. The average Bonchev–Trinajstić information content (AvgIpc) is 2.34. The zero-order valence-corrected chi connectivity index (χ0v) is 12.0. The van der Waals surface area contributed by atoms with Crippen LogP contribution in [0.3, 0.4) is 0 Å². The Hall–Kier alpha value is -0.0400. The van der Waals surface area contributed by atoms with Crippen LogP contribution in [0.4, 0.5) is 0 Å². The highest BCUT2D eigenvalue weighted by molar-refractivity contribution is 5.00. The van der Waals surface area contributed by atoms with E-state index in [4.69, 9.17) is 5.73 Å². The summed E-state index contributed by atoms with van der Waals surface area (Å²) in [5.41, 5.74) is 7.02. The van der Waals surface area contributed by atoms with Crippen LogP contribution in [0, 0.1) is 23.7 Å². The van der Waals surface area contributed by atoms with Gasteiger partial charge in [-0.25, -0.2) is 0 Å². The zero-order valence-electron chi connectivity index (χ0n) is 12.0. The Balaban J connectivity index is 2.04. The van der Waals surface area contributed by atoms with Crippen molar-refractivity contribution >= 4 is 0 Å². The Labute approximate surface area is 108 Å². The average molecular weight is 237 g/mol. The predicted molar refractivity (Wildman–Crippen MR) is 74.8 cm³/mol. The van der Waals surface area contributed by atoms with Gasteiger partial charge in [-0.05, 0) is 55.8 Å². The predicted octanol–water partition coefficient (Wildman–Crippen LogP) is 4.36. The van der Waals surface area contributed by atoms with Gasteiger partial charge in [0.2, 0.25) is 0 Å². The minimum absolute atomic E-state index is 0.167. The maximum atomic E-state index is 6.86. The minimum atomic E-state index is 0.167. The second kappa shape index (κ2) is 5.30. The summed E-state index contributed by atoms with van der Waals surface area (Å²) in [7, 11) is 0. The molecular formula is C16H31N. The van der Waals surface area contributed by atoms with Crippen molar-refractivity contribution in [3.63, 3.8) is 0 Å². The monoisotopic (exact) mass is 237 g/mol. The van der Waals surface area contributed by atoms with Gasteiger partial charge in [0.25, 0.3) is 0 Å². The number of hydrogen-bond donors (Lipinski definition) is 1. The van der Waals surface area contributed by atoms with Gasteiger partial charge in [-0.2, -0.15) is 0 Å². The maximum absolute atomic E-state index is 6.86. The van der Waals surface area contributed by atoms with Crippen molar-refractivity contribution in [3.05, 3.63) is 0 Å². The molecule has 5 unspecified atom stereocenters. The van der Waals surface area contributed by atoms with Crippen LogP contribution in [0.25, 0.3) is 0 Å². The molecule has 0 bridgehead atoms. The molecule has 2 N–H and O–H groups in total. The van der Waals surface area contributed by atoms with E-state index < -0.39 is 0 Å². The summed E-state index contributed by atoms with van der Waals surface area (Å²) in [6.07, 6.45) is 11.0. The lowest BCUT2D eigenvalue weighted by Gasteiger charge is -2.49. The van der Waals surface area contributed by atoms with Crippen molar-refractivity contribution in [1.29, 1.82) is 0 Å². The quantitative estimate of drug-likeness (QED) is 0.759. The summed E-state index contributed by atoms with van der Waals surface area (Å²) in [6, 6.07) is 0. The third-order valence-electron chi connectivity index (χ3n) is 5.86. The summed E-state index contributed by atoms with van der Waals surface area (Å²) in [4.78, 5) is 0. The third-order valence-corrected chi connectivity index (χ3v) is 5.86. The number of nitrogens with two attached hydrogens (primary N) is 1. The second-order valence-electron chi connectivity index (χ2n) is 7.03. The summed E-state index contributed by atoms with van der Waals surface area (Å²) in [5, 5.41) is 0. The molecular weight excluding hydrogens is 206 g/mol. The first-order valence-corrected chi connectivity index (χ1v) is 7.85. The van der Waals surface area contributed by atoms with Gasteiger partial charge < -0.3 is 5.73 Å². The Morgan fingerprint density at radius 3 is 2.53 bits per heavy atom. The van der Waals surface area contributed by atoms with Gasteiger partial charge in [-0.3, -0.25) is 0 Å². The molecule has 0 amide bonds. The fourth-order valence-corrected chi connectivity index (χ4v) is 4.44. The fourth-order valence-electron chi connectivity index (χ4n) is 4.44. The molecule has 0 aromatic rings. The molecule has 0 aromatic carbocycles. The molecule has 2 saturated carbocycles. The normalized spacial score (nSPS) is 48.0. The van der Waals surface area contributed by atoms with Gasteiger partial charge in [-0.15, -0.1) is 0 Å². The highest BCUT2D eigenvalue weighted by atomic mass is 14.8. The first-order valence-electron chi connectivity index (χ1n) is 7.85. The van der Waals surface area contributed by atoms with E-state index in [1.165, 1.54) is 51.4 Å². The summed E-state index contributed by atoms with van der Waals surface area (Å²) in [5.74, 6) is 3.39. The van der Waals surface area contributed by atoms with E-state index in [1.54, 1.807) is 0 Å². The zero-order chi connectivity index (χ0) is 12.5. The molecule has 0 saturated heterocycles. The summed E-state index contributed by atoms with van der Waals surface area (Å²) < 4.78 is 0. The molecule has 100 valence electrons. The van der Waals surface area contributed by atoms with Crippen molar-refractivity contribution < 1.29 is 0 Å². The van der Waals surface area contributed by atoms with E-state index >= 15 is 0 Å². The van der Waals surface area contributed by atoms with Crippen LogP contribution in [0.5, 0.6) is 0 Å². The van der Waals surface area contributed by atoms with Crippen molar-refractivity contribution in [3.8, 4) is 0 Å². The van der Waals surface area contributed by atoms with Crippen LogP contribution in [0.2, 0.25) is 0 Å². The first-order chi connectivity index (χ1) is 8.06. The van der Waals surface area contributed by atoms with E-state index in [9.17, 15) is 0 Å². The smallest absolute Gasteiger partial charge is 0.0209 e. The SMILES string of the molecule is CCC1CCCC(C2(N)CCC(C)CC2C)C1. The van der Waals surface area contributed by atoms with Crippen LogP contribution in [-0.4, -0.2) is 5.54 Å². The molecule has 0 aliphatic heterocycles. The Bertz CT molecular complexity index is 250. The molecule has 2 fully saturated rings. The molecule has 2 aliphatic carbocycles. The van der Waals surface area contributed by atoms with E-state index in [0.29, 0.717) is 0 Å². The largest absolute Gasteiger partial charge is 0.325 e. The van der Waals surface area contributed by atoms with Gasteiger partial charge in [0.05, 0.1) is 0 Å². The number of rotatable bonds is 2. The van der Waals surface area contributed by atoms with Crippen molar-refractivity contribution in [2.45, 2.75) is 77.7 Å². The van der Waals surface area contributed by atoms with Crippen LogP contribution in [-0.2, 0) is 0 Å². The van der Waals surface area contributed by atoms with E-state index in [-0.39, 0.29) is 5.54 Å². The molecule has 0 radical (unpaired) electrons. The minimum Gasteiger partial charge on any atom is -0.325 e. The molecule has 0 heterocycles. The number of hydrogen-bond acceptors (Lipinski definition) is 1. The van der Waals surface area contributed by atoms with Crippen LogP contribution < -0.4 is 5.73 Å². The molecule has 5 atom stereocenters. The lowest BCUT2D eigenvalue weighted by Crippen LogP contribution is -2.56. The van der Waals surface area contributed by atoms with Crippen LogP contribution >= 0.6 is 0 Å². The molecule has 2 rings (SSSR count). The molecule has 17 heavy (non-hydrogen) atoms. The lowest BCUT2D eigenvalue weighted by atomic mass is 9.60. The van der Waals surface area contributed by atoms with Gasteiger partial charge in [0.15, 0.2) is 0 Å². The second-order valence-corrected chi connectivity index (χ2v) is 7.03. The molecule has 1 nitrogen and oxygen atoms in total. The van der Waals surface area contributed by atoms with Gasteiger partial charge in [0, 0.05) is 5.54 Å². The Morgan fingerprint density at radius 1 is 1.12 bits per heavy atom. The van der Waals surface area contributed by atoms with Crippen molar-refractivity contribution in [2.75, 3.05) is 0 Å². The van der Waals surface area contributed by atoms with Crippen molar-refractivity contribution in [1.82, 2.24) is 0 Å². The molecule has 2 aliphatic rings. The molecule has 1 heteroatoms. The van der Waals surface area contributed by atoms with Crippen LogP contribution in [0.15, 0.2) is 0 Å².